The van der Waals surface area contributed by atoms with Gasteiger partial charge in [0.15, 0.2) is 0 Å². The average Bonchev–Trinajstić information content (AvgIpc) is 3.60. The van der Waals surface area contributed by atoms with Crippen molar-refractivity contribution in [3.05, 3.63) is 108 Å². The zero-order chi connectivity index (χ0) is 72.9. The van der Waals surface area contributed by atoms with E-state index in [1.54, 1.807) is 20.8 Å². The molecule has 33 N–H and O–H groups in total. The fraction of sp³-hybridized carbons (Fsp3) is 0.571. The molecule has 0 bridgehead atoms. The highest BCUT2D eigenvalue weighted by Crippen LogP contribution is 2.08. The Balaban J connectivity index is -0.0000000181. The number of carbonyl (C=O) groups is 12. The van der Waals surface area contributed by atoms with Crippen molar-refractivity contribution >= 4 is 80.6 Å². The minimum Gasteiger partial charge on any atom is -0.394 e. The summed E-state index contributed by atoms with van der Waals surface area (Å²) < 4.78 is 0. The number of amides is 1. The first-order valence-electron chi connectivity index (χ1n) is 28.7. The first kappa shape index (κ1) is 191. The van der Waals surface area contributed by atoms with Crippen molar-refractivity contribution in [3.8, 4) is 0 Å². The molecule has 0 radical (unpaired) electrons. The molecule has 586 valence electrons. The number of aryl methyl sites for hydroxylation is 3. The molecule has 0 saturated carbocycles. The van der Waals surface area contributed by atoms with Crippen molar-refractivity contribution in [2.75, 3.05) is 20.1 Å². The van der Waals surface area contributed by atoms with Gasteiger partial charge >= 0.3 is 0 Å². The van der Waals surface area contributed by atoms with Crippen LogP contribution in [-0.2, 0) is 76.8 Å². The Labute approximate surface area is 587 Å². The minimum absolute atomic E-state index is 0. The Morgan fingerprint density at radius 1 is 0.337 bits per heavy atom. The number of hydrogen-bond donors (Lipinski definition) is 12. The number of benzene rings is 3. The monoisotopic (exact) mass is 1390 g/mol. The predicted molar refractivity (Wildman–Crippen MR) is 423 cm³/mol. The van der Waals surface area contributed by atoms with Gasteiger partial charge in [-0.25, -0.2) is 0 Å². The maximum absolute atomic E-state index is 10.7. The molecular formula is C70H168N12O13. The summed E-state index contributed by atoms with van der Waals surface area (Å²) in [5.41, 5.74) is 8.73. The van der Waals surface area contributed by atoms with E-state index in [0.29, 0.717) is 0 Å². The molecule has 95 heavy (non-hydrogen) atoms. The molecule has 1 amide bonds. The van der Waals surface area contributed by atoms with Gasteiger partial charge in [0.25, 0.3) is 0 Å². The molecule has 0 unspecified atom stereocenters. The van der Waals surface area contributed by atoms with Gasteiger partial charge in [-0.15, -0.1) is 0 Å². The summed E-state index contributed by atoms with van der Waals surface area (Å²) in [4.78, 5) is 101. The SMILES string of the molecule is C=O.C=O.C=O.C=O.C=O.C=O.C=O.C=O.C=O.C=O.C=O.CC.CC.CC(=O)N1CCCCC1.CC(C)O.CCC(C)C.CCC(C)C.CCC(C)C.CCC(C)C.CCc1ccccc1.CCc1ccccc1.CCc1ccccc1.CN.N.N.N.N.N.N.N.N.N.N. The van der Waals surface area contributed by atoms with Crippen molar-refractivity contribution in [2.45, 2.75) is 223 Å². The molecule has 1 aliphatic rings. The van der Waals surface area contributed by atoms with Crippen LogP contribution in [0.2, 0.25) is 0 Å². The number of hydrogen-bond acceptors (Lipinski definition) is 24. The largest absolute Gasteiger partial charge is 0.394 e. The molecule has 0 atom stereocenters. The topological polar surface area (TPSA) is 604 Å². The number of nitrogens with zero attached hydrogens (tertiary/aromatic N) is 1. The smallest absolute Gasteiger partial charge is 0.219 e. The van der Waals surface area contributed by atoms with Crippen LogP contribution in [-0.4, -0.2) is 117 Å². The Hall–Kier alpha value is -6.98. The van der Waals surface area contributed by atoms with Gasteiger partial charge in [0.05, 0.1) is 0 Å². The summed E-state index contributed by atoms with van der Waals surface area (Å²) >= 11 is 0. The summed E-state index contributed by atoms with van der Waals surface area (Å²) in [7, 11) is 1.50. The summed E-state index contributed by atoms with van der Waals surface area (Å²) in [6.07, 6.45) is 12.2. The molecule has 1 fully saturated rings. The van der Waals surface area contributed by atoms with E-state index < -0.39 is 0 Å². The van der Waals surface area contributed by atoms with Crippen LogP contribution in [0.1, 0.15) is 214 Å². The van der Waals surface area contributed by atoms with E-state index in [1.165, 1.54) is 68.7 Å². The number of nitrogens with two attached hydrogens (primary N) is 1. The standard InChI is InChI=1S/3C8H10.C7H13NO.4C5H12.C3H8O.2C2H6.CH5N.11CH2O.10H3N/c3*1-2-8-6-4-3-5-7-8;1-7(9)8-5-3-2-4-6-8;4*1-4-5(2)3;1-3(2)4;14*1-2;;;;;;;;;;/h3*3-7H,2H2,1H3;2-6H2,1H3;4*5H,4H2,1-3H3;3-4H,1-2H3;2*1-2H3;2H2,1H3;11*1H2;10*1H3. The lowest BCUT2D eigenvalue weighted by Gasteiger charge is -2.24. The molecule has 1 aliphatic heterocycles. The molecule has 25 heteroatoms. The zero-order valence-electron chi connectivity index (χ0n) is 66.3. The van der Waals surface area contributed by atoms with Crippen LogP contribution < -0.4 is 67.2 Å². The molecule has 0 spiro atoms. The predicted octanol–water partition coefficient (Wildman–Crippen LogP) is 17.6. The van der Waals surface area contributed by atoms with E-state index in [0.717, 1.165) is 56.0 Å². The van der Waals surface area contributed by atoms with Crippen LogP contribution >= 0.6 is 0 Å². The highest BCUT2D eigenvalue weighted by molar-refractivity contribution is 5.73. The third-order valence-corrected chi connectivity index (χ3v) is 8.82. The van der Waals surface area contributed by atoms with Crippen molar-refractivity contribution in [2.24, 2.45) is 29.4 Å². The van der Waals surface area contributed by atoms with Crippen molar-refractivity contribution in [3.63, 3.8) is 0 Å². The summed E-state index contributed by atoms with van der Waals surface area (Å²) in [6.45, 7) is 70.1. The van der Waals surface area contributed by atoms with Crippen LogP contribution in [0.15, 0.2) is 91.0 Å². The maximum Gasteiger partial charge on any atom is 0.219 e. The van der Waals surface area contributed by atoms with E-state index >= 15 is 0 Å². The maximum atomic E-state index is 10.7. The number of aliphatic hydroxyl groups excluding tert-OH is 1. The van der Waals surface area contributed by atoms with Gasteiger partial charge < -0.3 is 130 Å². The minimum atomic E-state index is -0.167. The zero-order valence-corrected chi connectivity index (χ0v) is 66.3. The lowest BCUT2D eigenvalue weighted by molar-refractivity contribution is -0.129. The summed E-state index contributed by atoms with van der Waals surface area (Å²) in [5.74, 6) is 3.77. The fourth-order valence-electron chi connectivity index (χ4n) is 3.35. The summed E-state index contributed by atoms with van der Waals surface area (Å²) in [6, 6.07) is 31.4. The van der Waals surface area contributed by atoms with Crippen LogP contribution in [0.4, 0.5) is 0 Å². The van der Waals surface area contributed by atoms with Gasteiger partial charge in [0.2, 0.25) is 5.91 Å². The van der Waals surface area contributed by atoms with E-state index in [1.807, 2.05) is 125 Å². The van der Waals surface area contributed by atoms with Crippen LogP contribution in [0.25, 0.3) is 0 Å². The lowest BCUT2D eigenvalue weighted by Crippen LogP contribution is -2.33. The number of likely N-dealkylation sites (tertiary alicyclic amines) is 1. The Morgan fingerprint density at radius 3 is 0.516 bits per heavy atom. The molecular weight excluding hydrogens is 1220 g/mol. The van der Waals surface area contributed by atoms with Gasteiger partial charge in [-0.1, -0.05) is 248 Å². The second kappa shape index (κ2) is 257. The molecule has 1 saturated heterocycles. The third kappa shape index (κ3) is 340. The number of piperidine rings is 1. The molecule has 0 aromatic heterocycles. The van der Waals surface area contributed by atoms with E-state index in [9.17, 15) is 4.79 Å². The molecule has 3 aromatic rings. The van der Waals surface area contributed by atoms with Gasteiger partial charge in [-0.05, 0) is 99.8 Å². The van der Waals surface area contributed by atoms with Gasteiger partial charge in [-0.2, -0.15) is 0 Å². The fourth-order valence-corrected chi connectivity index (χ4v) is 3.35. The first-order chi connectivity index (χ1) is 40.9. The average molecular weight is 1390 g/mol. The van der Waals surface area contributed by atoms with Gasteiger partial charge in [-0.3, -0.25) is 4.79 Å². The van der Waals surface area contributed by atoms with E-state index in [4.69, 9.17) is 57.8 Å². The second-order valence-corrected chi connectivity index (χ2v) is 16.4. The number of aliphatic hydroxyl groups is 1. The normalized spacial score (nSPS) is 7.24. The highest BCUT2D eigenvalue weighted by Gasteiger charge is 2.11. The summed E-state index contributed by atoms with van der Waals surface area (Å²) in [5, 5.41) is 8.06. The van der Waals surface area contributed by atoms with Crippen LogP contribution in [0.3, 0.4) is 0 Å². The van der Waals surface area contributed by atoms with Crippen molar-refractivity contribution < 1.29 is 62.6 Å². The second-order valence-electron chi connectivity index (χ2n) is 16.4. The Bertz CT molecular complexity index is 1210. The van der Waals surface area contributed by atoms with Crippen molar-refractivity contribution in [1.82, 2.24) is 66.4 Å². The van der Waals surface area contributed by atoms with E-state index in [2.05, 4.69) is 182 Å². The van der Waals surface area contributed by atoms with E-state index in [-0.39, 0.29) is 73.5 Å². The van der Waals surface area contributed by atoms with Gasteiger partial charge in [0.1, 0.15) is 74.7 Å². The molecule has 25 nitrogen and oxygen atoms in total. The van der Waals surface area contributed by atoms with Crippen molar-refractivity contribution in [1.29, 1.82) is 0 Å². The number of rotatable bonds is 7. The molecule has 3 aromatic carbocycles. The lowest BCUT2D eigenvalue weighted by atomic mass is 10.1. The quantitative estimate of drug-likeness (QED) is 0.104. The first-order valence-corrected chi connectivity index (χ1v) is 28.7. The Kier molecular flexibility index (Phi) is 518. The molecule has 1 heterocycles. The molecule has 4 rings (SSSR count). The van der Waals surface area contributed by atoms with Gasteiger partial charge in [0, 0.05) is 26.1 Å². The third-order valence-electron chi connectivity index (χ3n) is 8.82. The number of carbonyl (C=O) groups excluding carboxylic acids is 12. The highest BCUT2D eigenvalue weighted by atomic mass is 16.3. The Morgan fingerprint density at radius 2 is 0.453 bits per heavy atom. The van der Waals surface area contributed by atoms with Crippen LogP contribution in [0.5, 0.6) is 0 Å². The molecule has 0 aliphatic carbocycles. The van der Waals surface area contributed by atoms with Crippen LogP contribution in [0, 0.1) is 23.7 Å².